The minimum absolute atomic E-state index is 0.0170. The highest BCUT2D eigenvalue weighted by molar-refractivity contribution is 5.15. The second kappa shape index (κ2) is 6.42. The first kappa shape index (κ1) is 19.8. The lowest BCUT2D eigenvalue weighted by atomic mass is 9.42. The molecular weight excluding hydrogens is 352 g/mol. The summed E-state index contributed by atoms with van der Waals surface area (Å²) in [5.74, 6) is 3.11. The Morgan fingerprint density at radius 2 is 1.64 bits per heavy atom. The van der Waals surface area contributed by atoms with Gasteiger partial charge in [0.25, 0.3) is 0 Å². The zero-order valence-electron chi connectivity index (χ0n) is 18.1. The summed E-state index contributed by atoms with van der Waals surface area (Å²) in [5.41, 5.74) is -0.317. The molecule has 0 aromatic heterocycles. The van der Waals surface area contributed by atoms with Crippen LogP contribution < -0.4 is 0 Å². The van der Waals surface area contributed by atoms with Crippen LogP contribution in [0.3, 0.4) is 0 Å². The topological polar surface area (TPSA) is 58.9 Å². The minimum atomic E-state index is -0.664. The normalized spacial score (nSPS) is 55.0. The highest BCUT2D eigenvalue weighted by Crippen LogP contribution is 2.70. The van der Waals surface area contributed by atoms with Gasteiger partial charge in [-0.1, -0.05) is 20.8 Å². The van der Waals surface area contributed by atoms with Crippen LogP contribution in [0.2, 0.25) is 0 Å². The predicted octanol–water partition coefficient (Wildman–Crippen LogP) is 4.13. The van der Waals surface area contributed by atoms with E-state index >= 15 is 0 Å². The molecule has 0 bridgehead atoms. The Bertz CT molecular complexity index is 616. The molecule has 0 aromatic carbocycles. The number of hydrogen-bond donors (Lipinski definition) is 2. The Morgan fingerprint density at radius 3 is 2.36 bits per heavy atom. The molecule has 1 saturated heterocycles. The molecule has 0 unspecified atom stereocenters. The van der Waals surface area contributed by atoms with Gasteiger partial charge >= 0.3 is 0 Å². The summed E-state index contributed by atoms with van der Waals surface area (Å²) in [6.07, 6.45) is 9.60. The van der Waals surface area contributed by atoms with E-state index in [0.717, 1.165) is 57.2 Å². The Labute approximate surface area is 170 Å². The first-order chi connectivity index (χ1) is 13.3. The standard InChI is InChI=1S/C24H40O4/c1-16-14-24(27-12-13-28-24)15-17-4-5-18-19-7-9-23(26,10-11-25)21(19,2)8-6-20(18)22(16,17)3/h16-20,25-26H,4-15H2,1-3H3/t16-,17-,18-,19-,20-,21-,22-,23+/m0/s1. The number of ether oxygens (including phenoxy) is 2. The maximum absolute atomic E-state index is 11.4. The van der Waals surface area contributed by atoms with E-state index in [1.54, 1.807) is 0 Å². The molecule has 0 radical (unpaired) electrons. The van der Waals surface area contributed by atoms with Crippen LogP contribution in [0.4, 0.5) is 0 Å². The van der Waals surface area contributed by atoms with E-state index < -0.39 is 5.60 Å². The maximum atomic E-state index is 11.4. The zero-order chi connectivity index (χ0) is 19.8. The third-order valence-electron chi connectivity index (χ3n) is 10.9. The smallest absolute Gasteiger partial charge is 0.169 e. The molecule has 1 aliphatic heterocycles. The molecule has 4 saturated carbocycles. The molecule has 28 heavy (non-hydrogen) atoms. The first-order valence-electron chi connectivity index (χ1n) is 11.9. The van der Waals surface area contributed by atoms with Crippen LogP contribution >= 0.6 is 0 Å². The van der Waals surface area contributed by atoms with Gasteiger partial charge in [-0.05, 0) is 85.4 Å². The molecule has 0 aromatic rings. The molecule has 4 aliphatic carbocycles. The van der Waals surface area contributed by atoms with Crippen molar-refractivity contribution in [1.82, 2.24) is 0 Å². The van der Waals surface area contributed by atoms with Crippen molar-refractivity contribution in [3.05, 3.63) is 0 Å². The zero-order valence-corrected chi connectivity index (χ0v) is 18.1. The Morgan fingerprint density at radius 1 is 0.929 bits per heavy atom. The Kier molecular flexibility index (Phi) is 4.53. The van der Waals surface area contributed by atoms with E-state index in [9.17, 15) is 10.2 Å². The SMILES string of the molecule is C[C@H]1CC2(C[C@@H]3CC[C@@H]4[C@H](CC[C@@]5(C)[C@H]4CC[C@@]5(O)CCO)[C@]31C)OCCO2. The molecule has 5 aliphatic rings. The van der Waals surface area contributed by atoms with Crippen molar-refractivity contribution in [3.8, 4) is 0 Å². The van der Waals surface area contributed by atoms with Crippen LogP contribution in [-0.4, -0.2) is 41.4 Å². The Hall–Kier alpha value is -0.160. The fourth-order valence-corrected chi connectivity index (χ4v) is 9.14. The Balaban J connectivity index is 1.43. The highest BCUT2D eigenvalue weighted by atomic mass is 16.7. The largest absolute Gasteiger partial charge is 0.396 e. The first-order valence-corrected chi connectivity index (χ1v) is 11.9. The van der Waals surface area contributed by atoms with Gasteiger partial charge in [-0.2, -0.15) is 0 Å². The summed E-state index contributed by atoms with van der Waals surface area (Å²) in [6, 6.07) is 0. The average molecular weight is 393 g/mol. The molecule has 5 fully saturated rings. The number of fused-ring (bicyclic) bond motifs is 5. The van der Waals surface area contributed by atoms with Gasteiger partial charge in [0.15, 0.2) is 5.79 Å². The molecule has 4 nitrogen and oxygen atoms in total. The quantitative estimate of drug-likeness (QED) is 0.742. The van der Waals surface area contributed by atoms with Crippen LogP contribution in [0.5, 0.6) is 0 Å². The third kappa shape index (κ3) is 2.44. The predicted molar refractivity (Wildman–Crippen MR) is 108 cm³/mol. The van der Waals surface area contributed by atoms with Crippen molar-refractivity contribution in [2.75, 3.05) is 19.8 Å². The van der Waals surface area contributed by atoms with E-state index in [1.807, 2.05) is 0 Å². The average Bonchev–Trinajstić information content (AvgIpc) is 3.20. The molecule has 4 heteroatoms. The van der Waals surface area contributed by atoms with Gasteiger partial charge < -0.3 is 19.7 Å². The lowest BCUT2D eigenvalue weighted by molar-refractivity contribution is -0.250. The molecule has 8 atom stereocenters. The third-order valence-corrected chi connectivity index (χ3v) is 10.9. The summed E-state index contributed by atoms with van der Waals surface area (Å²) in [4.78, 5) is 0. The number of rotatable bonds is 2. The summed E-state index contributed by atoms with van der Waals surface area (Å²) in [5, 5.41) is 21.0. The van der Waals surface area contributed by atoms with Gasteiger partial charge in [-0.15, -0.1) is 0 Å². The summed E-state index contributed by atoms with van der Waals surface area (Å²) >= 11 is 0. The van der Waals surface area contributed by atoms with Gasteiger partial charge in [0.05, 0.1) is 18.8 Å². The monoisotopic (exact) mass is 392 g/mol. The maximum Gasteiger partial charge on any atom is 0.169 e. The van der Waals surface area contributed by atoms with Crippen molar-refractivity contribution >= 4 is 0 Å². The second-order valence-corrected chi connectivity index (χ2v) is 11.4. The van der Waals surface area contributed by atoms with Crippen LogP contribution in [-0.2, 0) is 9.47 Å². The lowest BCUT2D eigenvalue weighted by Crippen LogP contribution is -2.60. The van der Waals surface area contributed by atoms with E-state index in [1.165, 1.54) is 19.3 Å². The summed E-state index contributed by atoms with van der Waals surface area (Å²) in [7, 11) is 0. The van der Waals surface area contributed by atoms with E-state index in [2.05, 4.69) is 20.8 Å². The molecule has 160 valence electrons. The van der Waals surface area contributed by atoms with Crippen molar-refractivity contribution < 1.29 is 19.7 Å². The van der Waals surface area contributed by atoms with Crippen LogP contribution in [0.15, 0.2) is 0 Å². The van der Waals surface area contributed by atoms with Gasteiger partial charge in [-0.3, -0.25) is 0 Å². The number of aliphatic hydroxyl groups excluding tert-OH is 1. The molecule has 2 N–H and O–H groups in total. The van der Waals surface area contributed by atoms with Gasteiger partial charge in [-0.25, -0.2) is 0 Å². The van der Waals surface area contributed by atoms with Gasteiger partial charge in [0.2, 0.25) is 0 Å². The molecule has 1 heterocycles. The van der Waals surface area contributed by atoms with Crippen molar-refractivity contribution in [3.63, 3.8) is 0 Å². The van der Waals surface area contributed by atoms with E-state index in [-0.39, 0.29) is 17.8 Å². The lowest BCUT2D eigenvalue weighted by Gasteiger charge is -2.64. The fourth-order valence-electron chi connectivity index (χ4n) is 9.14. The molecule has 1 spiro atoms. The highest BCUT2D eigenvalue weighted by Gasteiger charge is 2.66. The summed E-state index contributed by atoms with van der Waals surface area (Å²) in [6.45, 7) is 8.98. The van der Waals surface area contributed by atoms with Gasteiger partial charge in [0.1, 0.15) is 0 Å². The van der Waals surface area contributed by atoms with Gasteiger partial charge in [0, 0.05) is 19.4 Å². The van der Waals surface area contributed by atoms with E-state index in [4.69, 9.17) is 9.47 Å². The molecule has 5 rings (SSSR count). The van der Waals surface area contributed by atoms with Crippen molar-refractivity contribution in [2.24, 2.45) is 40.4 Å². The minimum Gasteiger partial charge on any atom is -0.396 e. The number of hydrogen-bond acceptors (Lipinski definition) is 4. The van der Waals surface area contributed by atoms with E-state index in [0.29, 0.717) is 29.6 Å². The van der Waals surface area contributed by atoms with Crippen LogP contribution in [0, 0.1) is 40.4 Å². The second-order valence-electron chi connectivity index (χ2n) is 11.4. The van der Waals surface area contributed by atoms with Crippen LogP contribution in [0.1, 0.15) is 78.6 Å². The van der Waals surface area contributed by atoms with Crippen molar-refractivity contribution in [2.45, 2.75) is 89.9 Å². The van der Waals surface area contributed by atoms with Crippen molar-refractivity contribution in [1.29, 1.82) is 0 Å². The molecular formula is C24H40O4. The number of aliphatic hydroxyl groups is 2. The fraction of sp³-hybridized carbons (Fsp3) is 1.00. The van der Waals surface area contributed by atoms with Crippen LogP contribution in [0.25, 0.3) is 0 Å². The molecule has 0 amide bonds. The summed E-state index contributed by atoms with van der Waals surface area (Å²) < 4.78 is 12.3.